The Labute approximate surface area is 88.4 Å². The van der Waals surface area contributed by atoms with Crippen LogP contribution in [0.25, 0.3) is 0 Å². The molecule has 0 heterocycles. The fourth-order valence-corrected chi connectivity index (χ4v) is 1.35. The first kappa shape index (κ1) is 11.4. The van der Waals surface area contributed by atoms with Gasteiger partial charge in [0.15, 0.2) is 0 Å². The van der Waals surface area contributed by atoms with Crippen LogP contribution in [0.1, 0.15) is 12.5 Å². The number of carboxylic acids is 1. The molecule has 0 aliphatic carbocycles. The van der Waals surface area contributed by atoms with E-state index in [1.807, 2.05) is 6.92 Å². The standard InChI is InChI=1S/C11H14O4/c1-3-15-10-6-4-5-9(14-2)8(10)7-11(12)13/h4-6H,3,7H2,1-2H3,(H,12,13). The van der Waals surface area contributed by atoms with Crippen molar-refractivity contribution < 1.29 is 19.4 Å². The van der Waals surface area contributed by atoms with Crippen LogP contribution in [0, 0.1) is 0 Å². The van der Waals surface area contributed by atoms with Crippen LogP contribution in [-0.4, -0.2) is 24.8 Å². The second kappa shape index (κ2) is 5.24. The molecule has 0 bridgehead atoms. The largest absolute Gasteiger partial charge is 0.496 e. The smallest absolute Gasteiger partial charge is 0.308 e. The molecule has 0 aliphatic heterocycles. The Morgan fingerprint density at radius 3 is 2.60 bits per heavy atom. The summed E-state index contributed by atoms with van der Waals surface area (Å²) >= 11 is 0. The minimum atomic E-state index is -0.902. The summed E-state index contributed by atoms with van der Waals surface area (Å²) in [6.07, 6.45) is -0.0979. The van der Waals surface area contributed by atoms with Gasteiger partial charge in [0.2, 0.25) is 0 Å². The molecule has 0 aliphatic rings. The van der Waals surface area contributed by atoms with E-state index in [0.717, 1.165) is 0 Å². The molecule has 0 saturated heterocycles. The summed E-state index contributed by atoms with van der Waals surface area (Å²) in [6, 6.07) is 5.24. The number of rotatable bonds is 5. The molecule has 0 spiro atoms. The Morgan fingerprint density at radius 2 is 2.07 bits per heavy atom. The van der Waals surface area contributed by atoms with E-state index in [1.54, 1.807) is 18.2 Å². The minimum Gasteiger partial charge on any atom is -0.496 e. The molecule has 1 aromatic carbocycles. The summed E-state index contributed by atoms with van der Waals surface area (Å²) in [5.74, 6) is 0.211. The Bertz CT molecular complexity index is 346. The average molecular weight is 210 g/mol. The molecule has 1 N–H and O–H groups in total. The molecule has 0 atom stereocenters. The molecule has 4 nitrogen and oxygen atoms in total. The lowest BCUT2D eigenvalue weighted by Crippen LogP contribution is -2.05. The first-order valence-corrected chi connectivity index (χ1v) is 4.69. The average Bonchev–Trinajstić information content (AvgIpc) is 2.20. The summed E-state index contributed by atoms with van der Waals surface area (Å²) in [5.41, 5.74) is 0.578. The van der Waals surface area contributed by atoms with Gasteiger partial charge in [-0.1, -0.05) is 6.07 Å². The maximum atomic E-state index is 10.7. The van der Waals surface area contributed by atoms with Crippen molar-refractivity contribution in [3.05, 3.63) is 23.8 Å². The van der Waals surface area contributed by atoms with Crippen LogP contribution in [0.2, 0.25) is 0 Å². The monoisotopic (exact) mass is 210 g/mol. The maximum Gasteiger partial charge on any atom is 0.308 e. The van der Waals surface area contributed by atoms with Gasteiger partial charge in [0.25, 0.3) is 0 Å². The zero-order chi connectivity index (χ0) is 11.3. The number of hydrogen-bond donors (Lipinski definition) is 1. The van der Waals surface area contributed by atoms with Gasteiger partial charge in [-0.25, -0.2) is 0 Å². The Balaban J connectivity index is 3.08. The second-order valence-electron chi connectivity index (χ2n) is 2.94. The van der Waals surface area contributed by atoms with E-state index < -0.39 is 5.97 Å². The van der Waals surface area contributed by atoms with Crippen molar-refractivity contribution in [2.75, 3.05) is 13.7 Å². The molecule has 0 amide bonds. The lowest BCUT2D eigenvalue weighted by atomic mass is 10.1. The first-order chi connectivity index (χ1) is 7.19. The highest BCUT2D eigenvalue weighted by Crippen LogP contribution is 2.28. The third-order valence-corrected chi connectivity index (χ3v) is 1.94. The number of ether oxygens (including phenoxy) is 2. The van der Waals surface area contributed by atoms with Crippen LogP contribution in [0.5, 0.6) is 11.5 Å². The topological polar surface area (TPSA) is 55.8 Å². The predicted octanol–water partition coefficient (Wildman–Crippen LogP) is 1.72. The number of carbonyl (C=O) groups is 1. The zero-order valence-corrected chi connectivity index (χ0v) is 8.82. The van der Waals surface area contributed by atoms with Crippen LogP contribution < -0.4 is 9.47 Å². The van der Waals surface area contributed by atoms with Crippen LogP contribution in [0.3, 0.4) is 0 Å². The number of hydrogen-bond acceptors (Lipinski definition) is 3. The normalized spacial score (nSPS) is 9.73. The molecule has 1 rings (SSSR count). The number of aliphatic carboxylic acids is 1. The van der Waals surface area contributed by atoms with Gasteiger partial charge < -0.3 is 14.6 Å². The third kappa shape index (κ3) is 2.87. The highest BCUT2D eigenvalue weighted by atomic mass is 16.5. The highest BCUT2D eigenvalue weighted by molar-refractivity contribution is 5.72. The van der Waals surface area contributed by atoms with E-state index in [0.29, 0.717) is 23.7 Å². The van der Waals surface area contributed by atoms with Crippen LogP contribution >= 0.6 is 0 Å². The lowest BCUT2D eigenvalue weighted by Gasteiger charge is -2.12. The van der Waals surface area contributed by atoms with Gasteiger partial charge in [0, 0.05) is 5.56 Å². The quantitative estimate of drug-likeness (QED) is 0.804. The second-order valence-corrected chi connectivity index (χ2v) is 2.94. The van der Waals surface area contributed by atoms with Crippen LogP contribution in [0.4, 0.5) is 0 Å². The number of benzene rings is 1. The molecule has 4 heteroatoms. The van der Waals surface area contributed by atoms with Crippen LogP contribution in [0.15, 0.2) is 18.2 Å². The minimum absolute atomic E-state index is 0.0979. The van der Waals surface area contributed by atoms with Crippen molar-refractivity contribution in [1.29, 1.82) is 0 Å². The fraction of sp³-hybridized carbons (Fsp3) is 0.364. The Morgan fingerprint density at radius 1 is 1.40 bits per heavy atom. The van der Waals surface area contributed by atoms with Crippen molar-refractivity contribution in [1.82, 2.24) is 0 Å². The van der Waals surface area contributed by atoms with E-state index in [9.17, 15) is 4.79 Å². The van der Waals surface area contributed by atoms with E-state index in [2.05, 4.69) is 0 Å². The van der Waals surface area contributed by atoms with Gasteiger partial charge >= 0.3 is 5.97 Å². The summed E-state index contributed by atoms with van der Waals surface area (Å²) in [7, 11) is 1.51. The molecule has 0 radical (unpaired) electrons. The molecule has 0 aromatic heterocycles. The highest BCUT2D eigenvalue weighted by Gasteiger charge is 2.13. The summed E-state index contributed by atoms with van der Waals surface area (Å²) in [5, 5.41) is 8.77. The molecule has 1 aromatic rings. The van der Waals surface area contributed by atoms with E-state index in [1.165, 1.54) is 7.11 Å². The van der Waals surface area contributed by atoms with Gasteiger partial charge in [-0.15, -0.1) is 0 Å². The van der Waals surface area contributed by atoms with Gasteiger partial charge in [-0.3, -0.25) is 4.79 Å². The van der Waals surface area contributed by atoms with E-state index in [-0.39, 0.29) is 6.42 Å². The molecule has 82 valence electrons. The number of methoxy groups -OCH3 is 1. The summed E-state index contributed by atoms with van der Waals surface area (Å²) in [4.78, 5) is 10.7. The molecule has 0 saturated carbocycles. The van der Waals surface area contributed by atoms with Gasteiger partial charge in [0.05, 0.1) is 20.1 Å². The molecular formula is C11H14O4. The Kier molecular flexibility index (Phi) is 3.97. The fourth-order valence-electron chi connectivity index (χ4n) is 1.35. The third-order valence-electron chi connectivity index (χ3n) is 1.94. The van der Waals surface area contributed by atoms with Gasteiger partial charge in [0.1, 0.15) is 11.5 Å². The molecule has 0 fully saturated rings. The van der Waals surface area contributed by atoms with Crippen LogP contribution in [-0.2, 0) is 11.2 Å². The van der Waals surface area contributed by atoms with E-state index >= 15 is 0 Å². The lowest BCUT2D eigenvalue weighted by molar-refractivity contribution is -0.136. The first-order valence-electron chi connectivity index (χ1n) is 4.69. The summed E-state index contributed by atoms with van der Waals surface area (Å²) in [6.45, 7) is 2.35. The Hall–Kier alpha value is -1.71. The molecular weight excluding hydrogens is 196 g/mol. The van der Waals surface area contributed by atoms with E-state index in [4.69, 9.17) is 14.6 Å². The van der Waals surface area contributed by atoms with Crippen molar-refractivity contribution >= 4 is 5.97 Å². The van der Waals surface area contributed by atoms with Gasteiger partial charge in [-0.05, 0) is 19.1 Å². The maximum absolute atomic E-state index is 10.7. The predicted molar refractivity (Wildman–Crippen MR) is 55.5 cm³/mol. The van der Waals surface area contributed by atoms with Crippen molar-refractivity contribution in [2.24, 2.45) is 0 Å². The molecule has 0 unspecified atom stereocenters. The van der Waals surface area contributed by atoms with Crippen molar-refractivity contribution in [3.8, 4) is 11.5 Å². The van der Waals surface area contributed by atoms with Gasteiger partial charge in [-0.2, -0.15) is 0 Å². The zero-order valence-electron chi connectivity index (χ0n) is 8.82. The SMILES string of the molecule is CCOc1cccc(OC)c1CC(=O)O. The summed E-state index contributed by atoms with van der Waals surface area (Å²) < 4.78 is 10.4. The van der Waals surface area contributed by atoms with Crippen molar-refractivity contribution in [2.45, 2.75) is 13.3 Å². The van der Waals surface area contributed by atoms with Crippen molar-refractivity contribution in [3.63, 3.8) is 0 Å². The molecule has 15 heavy (non-hydrogen) atoms. The number of carboxylic acid groups (broad SMARTS) is 1.